The zero-order valence-electron chi connectivity index (χ0n) is 13.8. The molecule has 0 aliphatic carbocycles. The first kappa shape index (κ1) is 15.8. The van der Waals surface area contributed by atoms with Gasteiger partial charge in [-0.2, -0.15) is 0 Å². The Bertz CT molecular complexity index is 889. The molecule has 2 aromatic carbocycles. The highest BCUT2D eigenvalue weighted by Crippen LogP contribution is 2.23. The Morgan fingerprint density at radius 3 is 2.29 bits per heavy atom. The molecule has 0 saturated carbocycles. The van der Waals surface area contributed by atoms with E-state index in [2.05, 4.69) is 10.3 Å². The van der Waals surface area contributed by atoms with Gasteiger partial charge in [0.1, 0.15) is 11.5 Å². The predicted octanol–water partition coefficient (Wildman–Crippen LogP) is 3.81. The van der Waals surface area contributed by atoms with Crippen LogP contribution in [0.2, 0.25) is 0 Å². The van der Waals surface area contributed by atoms with E-state index in [4.69, 9.17) is 9.47 Å². The number of nitrogens with zero attached hydrogens (tertiary/aromatic N) is 1. The van der Waals surface area contributed by atoms with E-state index >= 15 is 0 Å². The van der Waals surface area contributed by atoms with E-state index in [-0.39, 0.29) is 5.91 Å². The number of aryl methyl sites for hydroxylation is 1. The number of pyridine rings is 1. The van der Waals surface area contributed by atoms with Crippen molar-refractivity contribution in [1.29, 1.82) is 0 Å². The van der Waals surface area contributed by atoms with Crippen molar-refractivity contribution in [2.45, 2.75) is 6.92 Å². The lowest BCUT2D eigenvalue weighted by Crippen LogP contribution is -2.14. The summed E-state index contributed by atoms with van der Waals surface area (Å²) in [6, 6.07) is 14.6. The van der Waals surface area contributed by atoms with Crippen LogP contribution >= 0.6 is 0 Å². The minimum absolute atomic E-state index is 0.192. The number of carbonyl (C=O) groups is 1. The molecule has 0 aliphatic rings. The lowest BCUT2D eigenvalue weighted by Gasteiger charge is -2.10. The van der Waals surface area contributed by atoms with Gasteiger partial charge >= 0.3 is 0 Å². The molecule has 1 aromatic heterocycles. The second-order valence-electron chi connectivity index (χ2n) is 5.36. The zero-order chi connectivity index (χ0) is 17.1. The Labute approximate surface area is 140 Å². The van der Waals surface area contributed by atoms with Gasteiger partial charge in [-0.15, -0.1) is 0 Å². The van der Waals surface area contributed by atoms with Crippen LogP contribution in [0.3, 0.4) is 0 Å². The van der Waals surface area contributed by atoms with Gasteiger partial charge in [-0.05, 0) is 49.4 Å². The molecule has 0 atom stereocenters. The quantitative estimate of drug-likeness (QED) is 0.793. The second-order valence-corrected chi connectivity index (χ2v) is 5.36. The number of nitrogens with one attached hydrogen (secondary N) is 1. The topological polar surface area (TPSA) is 60.5 Å². The number of benzene rings is 2. The summed E-state index contributed by atoms with van der Waals surface area (Å²) < 4.78 is 10.3. The Balaban J connectivity index is 1.89. The number of rotatable bonds is 4. The fraction of sp³-hybridized carbons (Fsp3) is 0.158. The average molecular weight is 322 g/mol. The van der Waals surface area contributed by atoms with Gasteiger partial charge in [0.05, 0.1) is 31.0 Å². The maximum Gasteiger partial charge on any atom is 0.257 e. The number of carbonyl (C=O) groups excluding carboxylic acids is 1. The second kappa shape index (κ2) is 6.58. The largest absolute Gasteiger partial charge is 0.497 e. The van der Waals surface area contributed by atoms with Gasteiger partial charge in [0.2, 0.25) is 0 Å². The lowest BCUT2D eigenvalue weighted by atomic mass is 10.1. The third kappa shape index (κ3) is 3.15. The summed E-state index contributed by atoms with van der Waals surface area (Å²) >= 11 is 0. The van der Waals surface area contributed by atoms with Crippen molar-refractivity contribution in [2.75, 3.05) is 19.5 Å². The van der Waals surface area contributed by atoms with Crippen molar-refractivity contribution in [2.24, 2.45) is 0 Å². The SMILES string of the molecule is COc1ccc(NC(=O)c2cc3ccc(OC)cc3nc2C)cc1. The molecule has 24 heavy (non-hydrogen) atoms. The van der Waals surface area contributed by atoms with E-state index in [0.717, 1.165) is 22.4 Å². The molecular formula is C19H18N2O3. The smallest absolute Gasteiger partial charge is 0.257 e. The first-order chi connectivity index (χ1) is 11.6. The molecular weight excluding hydrogens is 304 g/mol. The highest BCUT2D eigenvalue weighted by atomic mass is 16.5. The summed E-state index contributed by atoms with van der Waals surface area (Å²) in [4.78, 5) is 17.1. The number of fused-ring (bicyclic) bond motifs is 1. The highest BCUT2D eigenvalue weighted by molar-refractivity contribution is 6.06. The van der Waals surface area contributed by atoms with E-state index in [9.17, 15) is 4.79 Å². The summed E-state index contributed by atoms with van der Waals surface area (Å²) in [7, 11) is 3.22. The molecule has 122 valence electrons. The average Bonchev–Trinajstić information content (AvgIpc) is 2.61. The predicted molar refractivity (Wildman–Crippen MR) is 94.0 cm³/mol. The van der Waals surface area contributed by atoms with Crippen LogP contribution in [-0.4, -0.2) is 25.1 Å². The standard InChI is InChI=1S/C19H18N2O3/c1-12-17(10-13-4-7-16(24-3)11-18(13)20-12)19(22)21-14-5-8-15(23-2)9-6-14/h4-11H,1-3H3,(H,21,22). The van der Waals surface area contributed by atoms with Crippen LogP contribution in [0.4, 0.5) is 5.69 Å². The maximum absolute atomic E-state index is 12.5. The number of ether oxygens (including phenoxy) is 2. The fourth-order valence-electron chi connectivity index (χ4n) is 2.47. The van der Waals surface area contributed by atoms with Crippen molar-refractivity contribution in [1.82, 2.24) is 4.98 Å². The van der Waals surface area contributed by atoms with Crippen LogP contribution in [0.1, 0.15) is 16.1 Å². The Kier molecular flexibility index (Phi) is 4.33. The third-order valence-corrected chi connectivity index (χ3v) is 3.81. The van der Waals surface area contributed by atoms with E-state index in [1.54, 1.807) is 38.5 Å². The highest BCUT2D eigenvalue weighted by Gasteiger charge is 2.12. The molecule has 1 heterocycles. The number of aromatic nitrogens is 1. The summed E-state index contributed by atoms with van der Waals surface area (Å²) in [5, 5.41) is 3.77. The molecule has 5 heteroatoms. The third-order valence-electron chi connectivity index (χ3n) is 3.81. The first-order valence-corrected chi connectivity index (χ1v) is 7.51. The van der Waals surface area contributed by atoms with Gasteiger partial charge in [0.15, 0.2) is 0 Å². The number of methoxy groups -OCH3 is 2. The fourth-order valence-corrected chi connectivity index (χ4v) is 2.47. The zero-order valence-corrected chi connectivity index (χ0v) is 13.8. The Morgan fingerprint density at radius 1 is 0.958 bits per heavy atom. The van der Waals surface area contributed by atoms with Crippen molar-refractivity contribution >= 4 is 22.5 Å². The number of hydrogen-bond acceptors (Lipinski definition) is 4. The maximum atomic E-state index is 12.5. The van der Waals surface area contributed by atoms with Crippen LogP contribution in [0.25, 0.3) is 10.9 Å². The molecule has 0 aliphatic heterocycles. The molecule has 5 nitrogen and oxygen atoms in total. The van der Waals surface area contributed by atoms with E-state index in [1.807, 2.05) is 31.2 Å². The molecule has 3 rings (SSSR count). The van der Waals surface area contributed by atoms with Gasteiger partial charge in [-0.3, -0.25) is 9.78 Å². The minimum atomic E-state index is -0.192. The van der Waals surface area contributed by atoms with Crippen LogP contribution < -0.4 is 14.8 Å². The van der Waals surface area contributed by atoms with Crippen LogP contribution in [0, 0.1) is 6.92 Å². The number of amides is 1. The number of hydrogen-bond donors (Lipinski definition) is 1. The molecule has 1 amide bonds. The van der Waals surface area contributed by atoms with Crippen molar-refractivity contribution in [3.05, 3.63) is 59.8 Å². The molecule has 0 fully saturated rings. The summed E-state index contributed by atoms with van der Waals surface area (Å²) in [5.74, 6) is 1.29. The minimum Gasteiger partial charge on any atom is -0.497 e. The summed E-state index contributed by atoms with van der Waals surface area (Å²) in [6.45, 7) is 1.82. The van der Waals surface area contributed by atoms with Gasteiger partial charge < -0.3 is 14.8 Å². The normalized spacial score (nSPS) is 10.5. The molecule has 0 spiro atoms. The van der Waals surface area contributed by atoms with Crippen molar-refractivity contribution in [3.63, 3.8) is 0 Å². The Morgan fingerprint density at radius 2 is 1.62 bits per heavy atom. The van der Waals surface area contributed by atoms with E-state index in [0.29, 0.717) is 16.9 Å². The lowest BCUT2D eigenvalue weighted by molar-refractivity contribution is 0.102. The van der Waals surface area contributed by atoms with Crippen LogP contribution in [0.15, 0.2) is 48.5 Å². The first-order valence-electron chi connectivity index (χ1n) is 7.51. The van der Waals surface area contributed by atoms with Gasteiger partial charge in [0.25, 0.3) is 5.91 Å². The molecule has 0 unspecified atom stereocenters. The van der Waals surface area contributed by atoms with Crippen molar-refractivity contribution in [3.8, 4) is 11.5 Å². The number of anilines is 1. The van der Waals surface area contributed by atoms with E-state index in [1.165, 1.54) is 0 Å². The summed E-state index contributed by atoms with van der Waals surface area (Å²) in [6.07, 6.45) is 0. The van der Waals surface area contributed by atoms with Gasteiger partial charge in [-0.1, -0.05) is 0 Å². The van der Waals surface area contributed by atoms with Gasteiger partial charge in [-0.25, -0.2) is 0 Å². The van der Waals surface area contributed by atoms with Crippen LogP contribution in [0.5, 0.6) is 11.5 Å². The molecule has 3 aromatic rings. The van der Waals surface area contributed by atoms with E-state index < -0.39 is 0 Å². The molecule has 1 N–H and O–H groups in total. The monoisotopic (exact) mass is 322 g/mol. The molecule has 0 saturated heterocycles. The molecule has 0 radical (unpaired) electrons. The van der Waals surface area contributed by atoms with Crippen molar-refractivity contribution < 1.29 is 14.3 Å². The summed E-state index contributed by atoms with van der Waals surface area (Å²) in [5.41, 5.74) is 2.72. The van der Waals surface area contributed by atoms with Crippen LogP contribution in [-0.2, 0) is 0 Å². The molecule has 0 bridgehead atoms. The Hall–Kier alpha value is -3.08. The van der Waals surface area contributed by atoms with Gasteiger partial charge in [0, 0.05) is 17.1 Å².